The van der Waals surface area contributed by atoms with Crippen LogP contribution in [-0.2, 0) is 4.79 Å². The first kappa shape index (κ1) is 16.6. The number of fused-ring (bicyclic) bond motifs is 1. The molecule has 2 amide bonds. The van der Waals surface area contributed by atoms with Crippen molar-refractivity contribution < 1.29 is 9.59 Å². The number of hydrogen-bond donors (Lipinski definition) is 2. The van der Waals surface area contributed by atoms with Crippen LogP contribution >= 0.6 is 0 Å². The van der Waals surface area contributed by atoms with Gasteiger partial charge in [-0.2, -0.15) is 0 Å². The van der Waals surface area contributed by atoms with E-state index in [1.165, 1.54) is 0 Å². The first-order valence-electron chi connectivity index (χ1n) is 7.97. The smallest absolute Gasteiger partial charge is 0.271 e. The molecule has 0 atom stereocenters. The molecule has 0 radical (unpaired) electrons. The molecule has 0 bridgehead atoms. The summed E-state index contributed by atoms with van der Waals surface area (Å²) in [6.45, 7) is 4.12. The lowest BCUT2D eigenvalue weighted by Gasteiger charge is -2.05. The Hall–Kier alpha value is -3.22. The van der Waals surface area contributed by atoms with Crippen LogP contribution in [0.2, 0.25) is 0 Å². The van der Waals surface area contributed by atoms with Gasteiger partial charge >= 0.3 is 0 Å². The van der Waals surface area contributed by atoms with Crippen LogP contribution in [-0.4, -0.2) is 32.7 Å². The normalized spacial score (nSPS) is 10.6. The monoisotopic (exact) mass is 337 g/mol. The lowest BCUT2D eigenvalue weighted by atomic mass is 10.3. The van der Waals surface area contributed by atoms with Gasteiger partial charge in [0.05, 0.1) is 0 Å². The number of carbonyl (C=O) groups is 2. The number of amides is 2. The molecule has 0 aliphatic carbocycles. The Labute approximate surface area is 145 Å². The van der Waals surface area contributed by atoms with E-state index in [0.29, 0.717) is 17.2 Å². The Morgan fingerprint density at radius 1 is 1.16 bits per heavy atom. The van der Waals surface area contributed by atoms with Crippen molar-refractivity contribution in [3.8, 4) is 0 Å². The summed E-state index contributed by atoms with van der Waals surface area (Å²) in [6.07, 6.45) is 5.37. The van der Waals surface area contributed by atoms with Crippen molar-refractivity contribution in [2.75, 3.05) is 11.9 Å². The SMILES string of the molecule is Cc1ccc(NC(=O)CCNC(=O)c2cn3ccc(C)cc3n2)nc1. The molecule has 3 rings (SSSR count). The van der Waals surface area contributed by atoms with E-state index in [1.807, 2.05) is 38.2 Å². The fraction of sp³-hybridized carbons (Fsp3) is 0.222. The fourth-order valence-electron chi connectivity index (χ4n) is 2.32. The Balaban J connectivity index is 1.51. The molecular weight excluding hydrogens is 318 g/mol. The summed E-state index contributed by atoms with van der Waals surface area (Å²) < 4.78 is 1.79. The van der Waals surface area contributed by atoms with Gasteiger partial charge in [0.25, 0.3) is 5.91 Å². The van der Waals surface area contributed by atoms with E-state index in [1.54, 1.807) is 22.9 Å². The molecule has 0 saturated carbocycles. The predicted octanol–water partition coefficient (Wildman–Crippen LogP) is 2.10. The topological polar surface area (TPSA) is 88.4 Å². The van der Waals surface area contributed by atoms with Crippen LogP contribution in [0.4, 0.5) is 5.82 Å². The zero-order valence-corrected chi connectivity index (χ0v) is 14.1. The molecule has 0 aliphatic rings. The van der Waals surface area contributed by atoms with Crippen LogP contribution < -0.4 is 10.6 Å². The number of pyridine rings is 2. The van der Waals surface area contributed by atoms with Crippen molar-refractivity contribution in [2.45, 2.75) is 20.3 Å². The van der Waals surface area contributed by atoms with E-state index >= 15 is 0 Å². The minimum absolute atomic E-state index is 0.160. The zero-order chi connectivity index (χ0) is 17.8. The second-order valence-corrected chi connectivity index (χ2v) is 5.87. The maximum absolute atomic E-state index is 12.1. The highest BCUT2D eigenvalue weighted by atomic mass is 16.2. The number of nitrogens with zero attached hydrogens (tertiary/aromatic N) is 3. The first-order chi connectivity index (χ1) is 12.0. The van der Waals surface area contributed by atoms with E-state index in [9.17, 15) is 9.59 Å². The quantitative estimate of drug-likeness (QED) is 0.746. The third-order valence-electron chi connectivity index (χ3n) is 3.66. The average Bonchev–Trinajstić information content (AvgIpc) is 3.00. The molecule has 0 aromatic carbocycles. The largest absolute Gasteiger partial charge is 0.350 e. The molecule has 3 aromatic heterocycles. The molecule has 7 nitrogen and oxygen atoms in total. The molecule has 3 aromatic rings. The molecule has 2 N–H and O–H groups in total. The Morgan fingerprint density at radius 2 is 2.00 bits per heavy atom. The third-order valence-corrected chi connectivity index (χ3v) is 3.66. The van der Waals surface area contributed by atoms with Gasteiger partial charge in [-0.15, -0.1) is 0 Å². The van der Waals surface area contributed by atoms with E-state index in [-0.39, 0.29) is 24.8 Å². The summed E-state index contributed by atoms with van der Waals surface area (Å²) in [6, 6.07) is 7.46. The van der Waals surface area contributed by atoms with Crippen LogP contribution in [0.25, 0.3) is 5.65 Å². The molecule has 128 valence electrons. The first-order valence-corrected chi connectivity index (χ1v) is 7.97. The van der Waals surface area contributed by atoms with Gasteiger partial charge in [0, 0.05) is 31.6 Å². The Bertz CT molecular complexity index is 915. The van der Waals surface area contributed by atoms with Crippen LogP contribution in [0.3, 0.4) is 0 Å². The average molecular weight is 337 g/mol. The second kappa shape index (κ2) is 7.12. The summed E-state index contributed by atoms with van der Waals surface area (Å²) in [4.78, 5) is 32.4. The van der Waals surface area contributed by atoms with Gasteiger partial charge in [0.1, 0.15) is 17.2 Å². The van der Waals surface area contributed by atoms with Gasteiger partial charge in [0.15, 0.2) is 0 Å². The zero-order valence-electron chi connectivity index (χ0n) is 14.1. The molecule has 0 unspecified atom stereocenters. The summed E-state index contributed by atoms with van der Waals surface area (Å²) >= 11 is 0. The van der Waals surface area contributed by atoms with Gasteiger partial charge in [-0.1, -0.05) is 6.07 Å². The van der Waals surface area contributed by atoms with Crippen molar-refractivity contribution in [1.82, 2.24) is 19.7 Å². The molecule has 0 fully saturated rings. The van der Waals surface area contributed by atoms with Gasteiger partial charge in [-0.05, 0) is 43.2 Å². The minimum atomic E-state index is -0.303. The van der Waals surface area contributed by atoms with E-state index in [4.69, 9.17) is 0 Å². The highest BCUT2D eigenvalue weighted by Gasteiger charge is 2.11. The number of anilines is 1. The number of carbonyl (C=O) groups excluding carboxylic acids is 2. The molecule has 0 saturated heterocycles. The van der Waals surface area contributed by atoms with Gasteiger partial charge in [0.2, 0.25) is 5.91 Å². The number of hydrogen-bond acceptors (Lipinski definition) is 4. The standard InChI is InChI=1S/C18H19N5O2/c1-12-6-8-23-11-14(21-16(23)9-12)18(25)19-7-5-17(24)22-15-4-3-13(2)10-20-15/h3-4,6,8-11H,5,7H2,1-2H3,(H,19,25)(H,20,22,24). The number of nitrogens with one attached hydrogen (secondary N) is 2. The molecule has 3 heterocycles. The van der Waals surface area contributed by atoms with Crippen LogP contribution in [0.1, 0.15) is 28.0 Å². The number of imidazole rings is 1. The minimum Gasteiger partial charge on any atom is -0.350 e. The van der Waals surface area contributed by atoms with Crippen LogP contribution in [0.15, 0.2) is 42.9 Å². The van der Waals surface area contributed by atoms with Crippen molar-refractivity contribution in [2.24, 2.45) is 0 Å². The predicted molar refractivity (Wildman–Crippen MR) is 94.5 cm³/mol. The maximum Gasteiger partial charge on any atom is 0.271 e. The summed E-state index contributed by atoms with van der Waals surface area (Å²) in [5.74, 6) is -0.0115. The van der Waals surface area contributed by atoms with Crippen LogP contribution in [0.5, 0.6) is 0 Å². The van der Waals surface area contributed by atoms with Crippen molar-refractivity contribution in [3.63, 3.8) is 0 Å². The molecular formula is C18H19N5O2. The Kier molecular flexibility index (Phi) is 4.74. The number of aryl methyl sites for hydroxylation is 2. The molecule has 0 aliphatic heterocycles. The summed E-state index contributed by atoms with van der Waals surface area (Å²) in [7, 11) is 0. The lowest BCUT2D eigenvalue weighted by molar-refractivity contribution is -0.116. The maximum atomic E-state index is 12.1. The Morgan fingerprint density at radius 3 is 2.76 bits per heavy atom. The molecule has 7 heteroatoms. The number of aromatic nitrogens is 3. The van der Waals surface area contributed by atoms with Crippen molar-refractivity contribution in [1.29, 1.82) is 0 Å². The highest BCUT2D eigenvalue weighted by Crippen LogP contribution is 2.08. The summed E-state index contributed by atoms with van der Waals surface area (Å²) in [5, 5.41) is 5.39. The van der Waals surface area contributed by atoms with Crippen molar-refractivity contribution in [3.05, 3.63) is 59.7 Å². The van der Waals surface area contributed by atoms with E-state index in [0.717, 1.165) is 11.1 Å². The number of rotatable bonds is 5. The van der Waals surface area contributed by atoms with E-state index < -0.39 is 0 Å². The van der Waals surface area contributed by atoms with Crippen molar-refractivity contribution >= 4 is 23.3 Å². The highest BCUT2D eigenvalue weighted by molar-refractivity contribution is 5.94. The van der Waals surface area contributed by atoms with Gasteiger partial charge in [-0.3, -0.25) is 9.59 Å². The van der Waals surface area contributed by atoms with E-state index in [2.05, 4.69) is 20.6 Å². The second-order valence-electron chi connectivity index (χ2n) is 5.87. The summed E-state index contributed by atoms with van der Waals surface area (Å²) in [5.41, 5.74) is 3.14. The fourth-order valence-corrected chi connectivity index (χ4v) is 2.32. The van der Waals surface area contributed by atoms with Crippen LogP contribution in [0, 0.1) is 13.8 Å². The third kappa shape index (κ3) is 4.20. The van der Waals surface area contributed by atoms with Gasteiger partial charge in [-0.25, -0.2) is 9.97 Å². The van der Waals surface area contributed by atoms with Gasteiger partial charge < -0.3 is 15.0 Å². The molecule has 0 spiro atoms. The lowest BCUT2D eigenvalue weighted by Crippen LogP contribution is -2.28. The molecule has 25 heavy (non-hydrogen) atoms.